The van der Waals surface area contributed by atoms with E-state index in [2.05, 4.69) is 20.3 Å². The lowest BCUT2D eigenvalue weighted by Crippen LogP contribution is -2.11. The Morgan fingerprint density at radius 2 is 2.08 bits per heavy atom. The Hall–Kier alpha value is -1.77. The zero-order chi connectivity index (χ0) is 17.3. The zero-order valence-electron chi connectivity index (χ0n) is 12.9. The third kappa shape index (κ3) is 3.50. The highest BCUT2D eigenvalue weighted by Crippen LogP contribution is 2.30. The molecule has 0 amide bonds. The van der Waals surface area contributed by atoms with Crippen molar-refractivity contribution in [2.24, 2.45) is 0 Å². The van der Waals surface area contributed by atoms with E-state index in [1.807, 2.05) is 13.8 Å². The topological polar surface area (TPSA) is 95.7 Å². The van der Waals surface area contributed by atoms with Crippen LogP contribution < -0.4 is 5.84 Å². The molecule has 3 aromatic rings. The quantitative estimate of drug-likeness (QED) is 0.528. The van der Waals surface area contributed by atoms with E-state index in [9.17, 15) is 0 Å². The molecule has 126 valence electrons. The summed E-state index contributed by atoms with van der Waals surface area (Å²) in [6.07, 6.45) is 0. The normalized spacial score (nSPS) is 11.4. The maximum Gasteiger partial charge on any atom is 0.237 e. The van der Waals surface area contributed by atoms with Crippen molar-refractivity contribution < 1.29 is 4.52 Å². The second-order valence-corrected chi connectivity index (χ2v) is 7.08. The third-order valence-electron chi connectivity index (χ3n) is 3.16. The third-order valence-corrected chi connectivity index (χ3v) is 4.64. The van der Waals surface area contributed by atoms with Gasteiger partial charge in [0.2, 0.25) is 11.0 Å². The molecule has 0 saturated heterocycles. The molecule has 0 aliphatic carbocycles. The molecule has 2 heterocycles. The number of hydrogen-bond acceptors (Lipinski definition) is 7. The highest BCUT2D eigenvalue weighted by atomic mass is 35.5. The van der Waals surface area contributed by atoms with Gasteiger partial charge >= 0.3 is 0 Å². The molecule has 0 radical (unpaired) electrons. The summed E-state index contributed by atoms with van der Waals surface area (Å²) in [4.78, 5) is 4.31. The number of nitrogen functional groups attached to an aromatic ring is 1. The van der Waals surface area contributed by atoms with Crippen LogP contribution >= 0.6 is 35.0 Å². The first-order chi connectivity index (χ1) is 11.5. The lowest BCUT2D eigenvalue weighted by atomic mass is 10.2. The fraction of sp³-hybridized carbons (Fsp3) is 0.286. The monoisotopic (exact) mass is 384 g/mol. The van der Waals surface area contributed by atoms with E-state index >= 15 is 0 Å². The van der Waals surface area contributed by atoms with Gasteiger partial charge in [-0.25, -0.2) is 4.68 Å². The number of aromatic nitrogens is 5. The molecule has 1 aromatic carbocycles. The molecule has 0 aliphatic heterocycles. The van der Waals surface area contributed by atoms with Gasteiger partial charge in [-0.2, -0.15) is 4.98 Å². The van der Waals surface area contributed by atoms with Gasteiger partial charge in [-0.3, -0.25) is 0 Å². The molecular weight excluding hydrogens is 371 g/mol. The number of rotatable bonds is 5. The SMILES string of the molecule is CC(C)c1noc(CSc2nnc(-c3ccc(Cl)cc3Cl)n2N)n1. The molecule has 3 rings (SSSR count). The van der Waals surface area contributed by atoms with Gasteiger partial charge in [0.25, 0.3) is 0 Å². The fourth-order valence-corrected chi connectivity index (χ4v) is 3.10. The molecule has 7 nitrogen and oxygen atoms in total. The average Bonchev–Trinajstić information content (AvgIpc) is 3.13. The van der Waals surface area contributed by atoms with Crippen LogP contribution in [-0.4, -0.2) is 25.0 Å². The molecule has 10 heteroatoms. The van der Waals surface area contributed by atoms with E-state index < -0.39 is 0 Å². The van der Waals surface area contributed by atoms with Gasteiger partial charge in [0.05, 0.1) is 10.8 Å². The van der Waals surface area contributed by atoms with Crippen LogP contribution in [0.5, 0.6) is 0 Å². The first-order valence-electron chi connectivity index (χ1n) is 7.07. The van der Waals surface area contributed by atoms with E-state index in [-0.39, 0.29) is 5.92 Å². The number of nitrogens with zero attached hydrogens (tertiary/aromatic N) is 5. The van der Waals surface area contributed by atoms with E-state index in [4.69, 9.17) is 33.6 Å². The molecule has 2 N–H and O–H groups in total. The van der Waals surface area contributed by atoms with Gasteiger partial charge in [-0.15, -0.1) is 10.2 Å². The van der Waals surface area contributed by atoms with Crippen LogP contribution in [0.3, 0.4) is 0 Å². The van der Waals surface area contributed by atoms with Crippen molar-refractivity contribution in [3.05, 3.63) is 40.0 Å². The Bertz CT molecular complexity index is 863. The highest BCUT2D eigenvalue weighted by Gasteiger charge is 2.17. The van der Waals surface area contributed by atoms with E-state index in [0.29, 0.717) is 44.1 Å². The Labute approximate surface area is 152 Å². The maximum atomic E-state index is 6.19. The van der Waals surface area contributed by atoms with Gasteiger partial charge in [0.1, 0.15) is 0 Å². The average molecular weight is 385 g/mol. The van der Waals surface area contributed by atoms with Crippen molar-refractivity contribution in [3.63, 3.8) is 0 Å². The number of nitrogens with two attached hydrogens (primary N) is 1. The number of benzene rings is 1. The van der Waals surface area contributed by atoms with Crippen LogP contribution in [0.25, 0.3) is 11.4 Å². The summed E-state index contributed by atoms with van der Waals surface area (Å²) in [5.74, 6) is 8.37. The molecular formula is C14H14Cl2N6OS. The standard InChI is InChI=1S/C14H14Cl2N6OS/c1-7(2)12-18-11(23-21-12)6-24-14-20-19-13(22(14)17)9-4-3-8(15)5-10(9)16/h3-5,7H,6,17H2,1-2H3. The van der Waals surface area contributed by atoms with E-state index in [1.165, 1.54) is 16.4 Å². The smallest absolute Gasteiger partial charge is 0.237 e. The van der Waals surface area contributed by atoms with Crippen LogP contribution in [-0.2, 0) is 5.75 Å². The molecule has 2 aromatic heterocycles. The minimum absolute atomic E-state index is 0.212. The molecule has 0 saturated carbocycles. The summed E-state index contributed by atoms with van der Waals surface area (Å²) in [7, 11) is 0. The highest BCUT2D eigenvalue weighted by molar-refractivity contribution is 7.98. The molecule has 24 heavy (non-hydrogen) atoms. The fourth-order valence-electron chi connectivity index (χ4n) is 1.92. The molecule has 0 aliphatic rings. The van der Waals surface area contributed by atoms with Crippen LogP contribution in [0.15, 0.2) is 27.9 Å². The predicted molar refractivity (Wildman–Crippen MR) is 93.6 cm³/mol. The lowest BCUT2D eigenvalue weighted by Gasteiger charge is -2.05. The van der Waals surface area contributed by atoms with Crippen molar-refractivity contribution in [2.75, 3.05) is 5.84 Å². The van der Waals surface area contributed by atoms with Crippen LogP contribution in [0, 0.1) is 0 Å². The second-order valence-electron chi connectivity index (χ2n) is 5.29. The summed E-state index contributed by atoms with van der Waals surface area (Å²) in [6, 6.07) is 5.10. The van der Waals surface area contributed by atoms with Crippen LogP contribution in [0.2, 0.25) is 10.0 Å². The van der Waals surface area contributed by atoms with Crippen LogP contribution in [0.4, 0.5) is 0 Å². The maximum absolute atomic E-state index is 6.19. The van der Waals surface area contributed by atoms with Crippen molar-refractivity contribution in [1.82, 2.24) is 25.0 Å². The van der Waals surface area contributed by atoms with Crippen molar-refractivity contribution in [2.45, 2.75) is 30.7 Å². The number of halogens is 2. The van der Waals surface area contributed by atoms with Gasteiger partial charge in [-0.05, 0) is 18.2 Å². The van der Waals surface area contributed by atoms with E-state index in [0.717, 1.165) is 0 Å². The Balaban J connectivity index is 1.77. The predicted octanol–water partition coefficient (Wildman–Crippen LogP) is 3.76. The minimum Gasteiger partial charge on any atom is -0.338 e. The van der Waals surface area contributed by atoms with Crippen molar-refractivity contribution in [1.29, 1.82) is 0 Å². The van der Waals surface area contributed by atoms with Gasteiger partial charge < -0.3 is 10.4 Å². The summed E-state index contributed by atoms with van der Waals surface area (Å²) in [5.41, 5.74) is 0.655. The summed E-state index contributed by atoms with van der Waals surface area (Å²) in [6.45, 7) is 4.00. The number of thioether (sulfide) groups is 1. The van der Waals surface area contributed by atoms with Gasteiger partial charge in [0, 0.05) is 16.5 Å². The molecule has 0 unspecified atom stereocenters. The van der Waals surface area contributed by atoms with Crippen molar-refractivity contribution >= 4 is 35.0 Å². The molecule has 0 fully saturated rings. The Morgan fingerprint density at radius 3 is 2.75 bits per heavy atom. The van der Waals surface area contributed by atoms with Gasteiger partial charge in [-0.1, -0.05) is 54.0 Å². The van der Waals surface area contributed by atoms with Crippen LogP contribution in [0.1, 0.15) is 31.5 Å². The van der Waals surface area contributed by atoms with Crippen molar-refractivity contribution in [3.8, 4) is 11.4 Å². The second kappa shape index (κ2) is 7.00. The summed E-state index contributed by atoms with van der Waals surface area (Å²) < 4.78 is 6.57. The summed E-state index contributed by atoms with van der Waals surface area (Å²) >= 11 is 13.4. The Morgan fingerprint density at radius 1 is 1.29 bits per heavy atom. The number of hydrogen-bond donors (Lipinski definition) is 1. The lowest BCUT2D eigenvalue weighted by molar-refractivity contribution is 0.382. The summed E-state index contributed by atoms with van der Waals surface area (Å²) in [5, 5.41) is 13.6. The molecule has 0 bridgehead atoms. The minimum atomic E-state index is 0.212. The first kappa shape index (κ1) is 17.1. The first-order valence-corrected chi connectivity index (χ1v) is 8.81. The molecule has 0 atom stereocenters. The van der Waals surface area contributed by atoms with E-state index in [1.54, 1.807) is 18.2 Å². The zero-order valence-corrected chi connectivity index (χ0v) is 15.2. The largest absolute Gasteiger partial charge is 0.338 e. The van der Waals surface area contributed by atoms with Gasteiger partial charge in [0.15, 0.2) is 11.6 Å². The Kier molecular flexibility index (Phi) is 4.98. The molecule has 0 spiro atoms.